The van der Waals surface area contributed by atoms with Crippen molar-refractivity contribution in [3.05, 3.63) is 71.8 Å². The quantitative estimate of drug-likeness (QED) is 0.797. The Bertz CT molecular complexity index is 991. The first-order chi connectivity index (χ1) is 12.1. The van der Waals surface area contributed by atoms with E-state index in [0.717, 1.165) is 16.3 Å². The largest absolute Gasteiger partial charge is 0.482 e. The Hall–Kier alpha value is -3.34. The van der Waals surface area contributed by atoms with Gasteiger partial charge in [0.05, 0.1) is 17.8 Å². The predicted octanol–water partition coefficient (Wildman–Crippen LogP) is 3.46. The molecule has 5 nitrogen and oxygen atoms in total. The molecule has 124 valence electrons. The molecule has 0 aliphatic carbocycles. The van der Waals surface area contributed by atoms with Gasteiger partial charge in [0.25, 0.3) is 5.91 Å². The molecule has 0 aromatic heterocycles. The zero-order valence-corrected chi connectivity index (χ0v) is 13.3. The van der Waals surface area contributed by atoms with Crippen molar-refractivity contribution in [3.63, 3.8) is 0 Å². The minimum absolute atomic E-state index is 0.0964. The normalized spacial score (nSPS) is 13.4. The van der Waals surface area contributed by atoms with Crippen molar-refractivity contribution in [2.24, 2.45) is 0 Å². The number of hydrogen-bond donors (Lipinski definition) is 1. The standard InChI is InChI=1S/C20H15NO4/c22-19-12-25-18-10-14(20(23)24)8-9-17(18)21(19)11-15-6-3-5-13-4-1-2-7-16(13)15/h1-10H,11-12H2,(H,23,24). The number of fused-ring (bicyclic) bond motifs is 2. The highest BCUT2D eigenvalue weighted by Crippen LogP contribution is 2.34. The van der Waals surface area contributed by atoms with Crippen LogP contribution in [0.5, 0.6) is 5.75 Å². The summed E-state index contributed by atoms with van der Waals surface area (Å²) in [6, 6.07) is 18.6. The lowest BCUT2D eigenvalue weighted by Gasteiger charge is -2.30. The van der Waals surface area contributed by atoms with Crippen LogP contribution in [0.4, 0.5) is 5.69 Å². The summed E-state index contributed by atoms with van der Waals surface area (Å²) in [5.41, 5.74) is 1.76. The fourth-order valence-electron chi connectivity index (χ4n) is 3.11. The zero-order valence-electron chi connectivity index (χ0n) is 13.3. The third kappa shape index (κ3) is 2.70. The SMILES string of the molecule is O=C(O)c1ccc2c(c1)OCC(=O)N2Cc1cccc2ccccc12. The van der Waals surface area contributed by atoms with E-state index >= 15 is 0 Å². The number of carbonyl (C=O) groups is 2. The third-order valence-electron chi connectivity index (χ3n) is 4.36. The number of ether oxygens (including phenoxy) is 1. The number of amides is 1. The number of nitrogens with zero attached hydrogens (tertiary/aromatic N) is 1. The van der Waals surface area contributed by atoms with Gasteiger partial charge in [-0.3, -0.25) is 4.79 Å². The van der Waals surface area contributed by atoms with Crippen molar-refractivity contribution in [2.45, 2.75) is 6.54 Å². The molecule has 0 saturated heterocycles. The van der Waals surface area contributed by atoms with Gasteiger partial charge in [0, 0.05) is 0 Å². The molecule has 0 spiro atoms. The van der Waals surface area contributed by atoms with E-state index in [1.54, 1.807) is 11.0 Å². The molecule has 1 aliphatic heterocycles. The monoisotopic (exact) mass is 333 g/mol. The van der Waals surface area contributed by atoms with Crippen molar-refractivity contribution in [2.75, 3.05) is 11.5 Å². The van der Waals surface area contributed by atoms with E-state index in [-0.39, 0.29) is 18.1 Å². The Morgan fingerprint density at radius 1 is 1.08 bits per heavy atom. The summed E-state index contributed by atoms with van der Waals surface area (Å²) < 4.78 is 5.43. The molecular formula is C20H15NO4. The molecule has 1 amide bonds. The number of anilines is 1. The van der Waals surface area contributed by atoms with E-state index in [1.807, 2.05) is 42.5 Å². The van der Waals surface area contributed by atoms with E-state index in [1.165, 1.54) is 12.1 Å². The lowest BCUT2D eigenvalue weighted by Crippen LogP contribution is -2.38. The topological polar surface area (TPSA) is 66.8 Å². The Labute approximate surface area is 144 Å². The van der Waals surface area contributed by atoms with Crippen molar-refractivity contribution >= 4 is 28.3 Å². The van der Waals surface area contributed by atoms with Gasteiger partial charge in [-0.2, -0.15) is 0 Å². The summed E-state index contributed by atoms with van der Waals surface area (Å²) in [7, 11) is 0. The van der Waals surface area contributed by atoms with Gasteiger partial charge in [-0.05, 0) is 34.5 Å². The van der Waals surface area contributed by atoms with Crippen molar-refractivity contribution < 1.29 is 19.4 Å². The highest BCUT2D eigenvalue weighted by atomic mass is 16.5. The van der Waals surface area contributed by atoms with E-state index in [2.05, 4.69) is 0 Å². The van der Waals surface area contributed by atoms with E-state index in [4.69, 9.17) is 9.84 Å². The fourth-order valence-corrected chi connectivity index (χ4v) is 3.11. The van der Waals surface area contributed by atoms with Crippen molar-refractivity contribution in [1.29, 1.82) is 0 Å². The molecule has 25 heavy (non-hydrogen) atoms. The molecule has 5 heteroatoms. The maximum Gasteiger partial charge on any atom is 0.335 e. The third-order valence-corrected chi connectivity index (χ3v) is 4.36. The van der Waals surface area contributed by atoms with Crippen LogP contribution in [0.1, 0.15) is 15.9 Å². The molecule has 0 atom stereocenters. The number of carboxylic acid groups (broad SMARTS) is 1. The van der Waals surface area contributed by atoms with E-state index in [9.17, 15) is 9.59 Å². The van der Waals surface area contributed by atoms with Gasteiger partial charge in [-0.1, -0.05) is 42.5 Å². The predicted molar refractivity (Wildman–Crippen MR) is 94.0 cm³/mol. The maximum absolute atomic E-state index is 12.4. The number of carbonyl (C=O) groups excluding carboxylic acids is 1. The first-order valence-electron chi connectivity index (χ1n) is 7.90. The van der Waals surface area contributed by atoms with Crippen LogP contribution in [0.15, 0.2) is 60.7 Å². The second kappa shape index (κ2) is 5.94. The van der Waals surface area contributed by atoms with Crippen LogP contribution in [0.25, 0.3) is 10.8 Å². The molecule has 0 fully saturated rings. The van der Waals surface area contributed by atoms with Crippen LogP contribution in [-0.4, -0.2) is 23.6 Å². The highest BCUT2D eigenvalue weighted by molar-refractivity contribution is 5.99. The molecule has 1 N–H and O–H groups in total. The lowest BCUT2D eigenvalue weighted by atomic mass is 10.0. The average molecular weight is 333 g/mol. The second-order valence-corrected chi connectivity index (χ2v) is 5.89. The Morgan fingerprint density at radius 3 is 2.72 bits per heavy atom. The summed E-state index contributed by atoms with van der Waals surface area (Å²) in [6.07, 6.45) is 0. The zero-order chi connectivity index (χ0) is 17.4. The van der Waals surface area contributed by atoms with Crippen LogP contribution in [0, 0.1) is 0 Å². The molecule has 0 saturated carbocycles. The maximum atomic E-state index is 12.4. The van der Waals surface area contributed by atoms with Gasteiger partial charge in [0.15, 0.2) is 6.61 Å². The fraction of sp³-hybridized carbons (Fsp3) is 0.100. The summed E-state index contributed by atoms with van der Waals surface area (Å²) >= 11 is 0. The molecular weight excluding hydrogens is 318 g/mol. The molecule has 1 heterocycles. The van der Waals surface area contributed by atoms with Crippen LogP contribution < -0.4 is 9.64 Å². The van der Waals surface area contributed by atoms with Gasteiger partial charge in [-0.25, -0.2) is 4.79 Å². The summed E-state index contributed by atoms with van der Waals surface area (Å²) in [5, 5.41) is 11.3. The highest BCUT2D eigenvalue weighted by Gasteiger charge is 2.26. The molecule has 4 rings (SSSR count). The smallest absolute Gasteiger partial charge is 0.335 e. The van der Waals surface area contributed by atoms with Crippen molar-refractivity contribution in [1.82, 2.24) is 0 Å². The molecule has 3 aromatic carbocycles. The van der Waals surface area contributed by atoms with Gasteiger partial charge >= 0.3 is 5.97 Å². The van der Waals surface area contributed by atoms with Gasteiger partial charge in [-0.15, -0.1) is 0 Å². The Kier molecular flexibility index (Phi) is 3.61. The average Bonchev–Trinajstić information content (AvgIpc) is 2.63. The lowest BCUT2D eigenvalue weighted by molar-refractivity contribution is -0.121. The number of carboxylic acids is 1. The van der Waals surface area contributed by atoms with Crippen LogP contribution in [-0.2, 0) is 11.3 Å². The molecule has 1 aliphatic rings. The summed E-state index contributed by atoms with van der Waals surface area (Å²) in [6.45, 7) is 0.309. The number of hydrogen-bond acceptors (Lipinski definition) is 3. The number of benzene rings is 3. The van der Waals surface area contributed by atoms with E-state index in [0.29, 0.717) is 18.0 Å². The van der Waals surface area contributed by atoms with E-state index < -0.39 is 5.97 Å². The molecule has 0 radical (unpaired) electrons. The van der Waals surface area contributed by atoms with Gasteiger partial charge in [0.1, 0.15) is 5.75 Å². The van der Waals surface area contributed by atoms with Gasteiger partial charge in [0.2, 0.25) is 0 Å². The summed E-state index contributed by atoms with van der Waals surface area (Å²) in [5.74, 6) is -0.757. The number of rotatable bonds is 3. The molecule has 3 aromatic rings. The van der Waals surface area contributed by atoms with Gasteiger partial charge < -0.3 is 14.7 Å². The second-order valence-electron chi connectivity index (χ2n) is 5.89. The van der Waals surface area contributed by atoms with Crippen molar-refractivity contribution in [3.8, 4) is 5.75 Å². The first-order valence-corrected chi connectivity index (χ1v) is 7.90. The Morgan fingerprint density at radius 2 is 1.88 bits per heavy atom. The molecule has 0 unspecified atom stereocenters. The van der Waals surface area contributed by atoms with Crippen LogP contribution in [0.3, 0.4) is 0 Å². The number of aromatic carboxylic acids is 1. The summed E-state index contributed by atoms with van der Waals surface area (Å²) in [4.78, 5) is 25.2. The minimum atomic E-state index is -1.02. The Balaban J connectivity index is 1.75. The minimum Gasteiger partial charge on any atom is -0.482 e. The van der Waals surface area contributed by atoms with Crippen LogP contribution >= 0.6 is 0 Å². The first kappa shape index (κ1) is 15.2. The van der Waals surface area contributed by atoms with Crippen LogP contribution in [0.2, 0.25) is 0 Å². The molecule has 0 bridgehead atoms.